The number of aromatic nitrogens is 2. The van der Waals surface area contributed by atoms with E-state index in [4.69, 9.17) is 23.2 Å². The predicted molar refractivity (Wildman–Crippen MR) is 95.4 cm³/mol. The van der Waals surface area contributed by atoms with Gasteiger partial charge in [0.25, 0.3) is 0 Å². The van der Waals surface area contributed by atoms with Crippen molar-refractivity contribution in [2.75, 3.05) is 5.32 Å². The third-order valence-corrected chi connectivity index (χ3v) is 4.75. The van der Waals surface area contributed by atoms with Crippen molar-refractivity contribution in [2.45, 2.75) is 20.0 Å². The summed E-state index contributed by atoms with van der Waals surface area (Å²) in [5, 5.41) is 9.51. The minimum absolute atomic E-state index is 0.155. The Bertz CT molecular complexity index is 915. The van der Waals surface area contributed by atoms with E-state index in [2.05, 4.69) is 41.6 Å². The molecule has 1 unspecified atom stereocenters. The minimum Gasteiger partial charge on any atom is -0.359 e. The van der Waals surface area contributed by atoms with Crippen LogP contribution in [-0.4, -0.2) is 9.78 Å². The number of fused-ring (bicyclic) bond motifs is 3. The zero-order chi connectivity index (χ0) is 16.1. The molecule has 4 rings (SSSR count). The molecule has 3 nitrogen and oxygen atoms in total. The Morgan fingerprint density at radius 2 is 1.91 bits per heavy atom. The Morgan fingerprint density at radius 1 is 1.09 bits per heavy atom. The van der Waals surface area contributed by atoms with Crippen LogP contribution in [-0.2, 0) is 0 Å². The molecule has 5 heteroatoms. The second-order valence-corrected chi connectivity index (χ2v) is 6.67. The molecule has 2 aromatic carbocycles. The largest absolute Gasteiger partial charge is 0.359 e. The SMILES string of the molecule is Cc1cc2n(n1)C(c1ccc(Cl)cc1Cl)Nc1c(C)cccc1-2. The fourth-order valence-electron chi connectivity index (χ4n) is 3.12. The predicted octanol–water partition coefficient (Wildman–Crippen LogP) is 5.45. The molecule has 0 aliphatic carbocycles. The zero-order valence-corrected chi connectivity index (χ0v) is 14.3. The lowest BCUT2D eigenvalue weighted by Crippen LogP contribution is -2.26. The van der Waals surface area contributed by atoms with Gasteiger partial charge in [0.2, 0.25) is 0 Å². The van der Waals surface area contributed by atoms with Crippen molar-refractivity contribution in [3.63, 3.8) is 0 Å². The molecule has 23 heavy (non-hydrogen) atoms. The summed E-state index contributed by atoms with van der Waals surface area (Å²) in [6, 6.07) is 14.0. The van der Waals surface area contributed by atoms with Crippen molar-refractivity contribution in [1.29, 1.82) is 0 Å². The van der Waals surface area contributed by atoms with Crippen LogP contribution >= 0.6 is 23.2 Å². The molecule has 0 bridgehead atoms. The molecular weight excluding hydrogens is 329 g/mol. The number of halogens is 2. The number of nitrogens with one attached hydrogen (secondary N) is 1. The number of benzene rings is 2. The van der Waals surface area contributed by atoms with E-state index in [1.807, 2.05) is 23.7 Å². The summed E-state index contributed by atoms with van der Waals surface area (Å²) in [6.07, 6.45) is -0.155. The highest BCUT2D eigenvalue weighted by molar-refractivity contribution is 6.35. The van der Waals surface area contributed by atoms with Crippen molar-refractivity contribution in [3.8, 4) is 11.3 Å². The summed E-state index contributed by atoms with van der Waals surface area (Å²) in [5.74, 6) is 0. The normalized spacial score (nSPS) is 15.7. The van der Waals surface area contributed by atoms with E-state index in [1.54, 1.807) is 6.07 Å². The summed E-state index contributed by atoms with van der Waals surface area (Å²) >= 11 is 12.5. The topological polar surface area (TPSA) is 29.9 Å². The third-order valence-electron chi connectivity index (χ3n) is 4.19. The van der Waals surface area contributed by atoms with Crippen molar-refractivity contribution in [2.24, 2.45) is 0 Å². The second kappa shape index (κ2) is 5.29. The van der Waals surface area contributed by atoms with Crippen LogP contribution in [0.4, 0.5) is 5.69 Å². The van der Waals surface area contributed by atoms with Crippen LogP contribution in [0.25, 0.3) is 11.3 Å². The van der Waals surface area contributed by atoms with Gasteiger partial charge in [0.15, 0.2) is 0 Å². The molecule has 0 radical (unpaired) electrons. The summed E-state index contributed by atoms with van der Waals surface area (Å²) < 4.78 is 1.99. The van der Waals surface area contributed by atoms with Gasteiger partial charge >= 0.3 is 0 Å². The standard InChI is InChI=1S/C18H15Cl2N3/c1-10-4-3-5-14-16-8-11(2)22-23(16)18(21-17(10)14)13-7-6-12(19)9-15(13)20/h3-9,18,21H,1-2H3. The van der Waals surface area contributed by atoms with Crippen LogP contribution in [0.5, 0.6) is 0 Å². The van der Waals surface area contributed by atoms with Gasteiger partial charge < -0.3 is 5.32 Å². The van der Waals surface area contributed by atoms with Crippen LogP contribution in [0.2, 0.25) is 10.0 Å². The first-order chi connectivity index (χ1) is 11.0. The third kappa shape index (κ3) is 2.32. The molecule has 1 N–H and O–H groups in total. The Hall–Kier alpha value is -1.97. The van der Waals surface area contributed by atoms with Crippen molar-refractivity contribution in [1.82, 2.24) is 9.78 Å². The Labute approximate surface area is 144 Å². The summed E-state index contributed by atoms with van der Waals surface area (Å²) in [6.45, 7) is 4.10. The average molecular weight is 344 g/mol. The van der Waals surface area contributed by atoms with Gasteiger partial charge in [-0.05, 0) is 37.6 Å². The van der Waals surface area contributed by atoms with E-state index in [9.17, 15) is 0 Å². The lowest BCUT2D eigenvalue weighted by Gasteiger charge is -2.30. The molecule has 0 saturated carbocycles. The van der Waals surface area contributed by atoms with Gasteiger partial charge in [0.1, 0.15) is 6.17 Å². The maximum atomic E-state index is 6.44. The summed E-state index contributed by atoms with van der Waals surface area (Å²) in [5.41, 5.74) is 6.50. The highest BCUT2D eigenvalue weighted by Gasteiger charge is 2.28. The van der Waals surface area contributed by atoms with Crippen LogP contribution in [0.15, 0.2) is 42.5 Å². The first-order valence-corrected chi connectivity index (χ1v) is 8.18. The highest BCUT2D eigenvalue weighted by atomic mass is 35.5. The van der Waals surface area contributed by atoms with Crippen LogP contribution in [0.3, 0.4) is 0 Å². The molecule has 1 aliphatic heterocycles. The Kier molecular flexibility index (Phi) is 3.36. The van der Waals surface area contributed by atoms with E-state index in [1.165, 1.54) is 5.56 Å². The van der Waals surface area contributed by atoms with Crippen molar-refractivity contribution >= 4 is 28.9 Å². The molecule has 116 valence electrons. The lowest BCUT2D eigenvalue weighted by atomic mass is 10.0. The average Bonchev–Trinajstić information content (AvgIpc) is 2.89. The first kappa shape index (κ1) is 14.6. The zero-order valence-electron chi connectivity index (χ0n) is 12.8. The Morgan fingerprint density at radius 3 is 2.70 bits per heavy atom. The number of nitrogens with zero attached hydrogens (tertiary/aromatic N) is 2. The van der Waals surface area contributed by atoms with Gasteiger partial charge in [-0.15, -0.1) is 0 Å². The van der Waals surface area contributed by atoms with E-state index < -0.39 is 0 Å². The molecule has 3 aromatic rings. The van der Waals surface area contributed by atoms with Gasteiger partial charge in [-0.1, -0.05) is 47.5 Å². The minimum atomic E-state index is -0.155. The molecule has 1 aliphatic rings. The molecule has 0 amide bonds. The monoisotopic (exact) mass is 343 g/mol. The lowest BCUT2D eigenvalue weighted by molar-refractivity contribution is 0.571. The van der Waals surface area contributed by atoms with E-state index >= 15 is 0 Å². The number of hydrogen-bond acceptors (Lipinski definition) is 2. The number of anilines is 1. The molecule has 0 saturated heterocycles. The van der Waals surface area contributed by atoms with E-state index in [0.29, 0.717) is 10.0 Å². The molecule has 0 spiro atoms. The Balaban J connectivity index is 1.95. The first-order valence-electron chi connectivity index (χ1n) is 7.42. The van der Waals surface area contributed by atoms with Crippen molar-refractivity contribution < 1.29 is 0 Å². The highest BCUT2D eigenvalue weighted by Crippen LogP contribution is 2.41. The van der Waals surface area contributed by atoms with Crippen LogP contribution in [0.1, 0.15) is 23.0 Å². The smallest absolute Gasteiger partial charge is 0.148 e. The van der Waals surface area contributed by atoms with Crippen LogP contribution < -0.4 is 5.32 Å². The molecular formula is C18H15Cl2N3. The van der Waals surface area contributed by atoms with Crippen LogP contribution in [0, 0.1) is 13.8 Å². The van der Waals surface area contributed by atoms with Gasteiger partial charge in [-0.3, -0.25) is 0 Å². The summed E-state index contributed by atoms with van der Waals surface area (Å²) in [7, 11) is 0. The maximum Gasteiger partial charge on any atom is 0.148 e. The maximum absolute atomic E-state index is 6.44. The fraction of sp³-hybridized carbons (Fsp3) is 0.167. The number of hydrogen-bond donors (Lipinski definition) is 1. The molecule has 1 atom stereocenters. The molecule has 1 aromatic heterocycles. The molecule has 2 heterocycles. The van der Waals surface area contributed by atoms with Gasteiger partial charge in [0.05, 0.1) is 11.4 Å². The number of aryl methyl sites for hydroxylation is 2. The fourth-order valence-corrected chi connectivity index (χ4v) is 3.63. The van der Waals surface area contributed by atoms with Gasteiger partial charge in [-0.25, -0.2) is 4.68 Å². The van der Waals surface area contributed by atoms with E-state index in [0.717, 1.165) is 28.2 Å². The number of para-hydroxylation sites is 1. The number of rotatable bonds is 1. The van der Waals surface area contributed by atoms with E-state index in [-0.39, 0.29) is 6.17 Å². The quantitative estimate of drug-likeness (QED) is 0.636. The van der Waals surface area contributed by atoms with Crippen molar-refractivity contribution in [3.05, 3.63) is 69.3 Å². The van der Waals surface area contributed by atoms with Gasteiger partial charge in [0, 0.05) is 26.9 Å². The molecule has 0 fully saturated rings. The second-order valence-electron chi connectivity index (χ2n) is 5.83. The van der Waals surface area contributed by atoms with Gasteiger partial charge in [-0.2, -0.15) is 5.10 Å². The summed E-state index contributed by atoms with van der Waals surface area (Å²) in [4.78, 5) is 0.